The molecule has 0 radical (unpaired) electrons. The first kappa shape index (κ1) is 21.2. The minimum Gasteiger partial charge on any atom is -0.466 e. The molecule has 0 aliphatic carbocycles. The second-order valence-corrected chi connectivity index (χ2v) is 7.98. The van der Waals surface area contributed by atoms with Crippen LogP contribution < -0.4 is 5.32 Å². The largest absolute Gasteiger partial charge is 0.466 e. The van der Waals surface area contributed by atoms with Gasteiger partial charge in [-0.3, -0.25) is 4.79 Å². The molecule has 1 N–H and O–H groups in total. The van der Waals surface area contributed by atoms with Gasteiger partial charge in [0.25, 0.3) is 0 Å². The maximum atomic E-state index is 12.5. The van der Waals surface area contributed by atoms with Crippen molar-refractivity contribution in [3.05, 3.63) is 35.9 Å². The van der Waals surface area contributed by atoms with E-state index in [0.29, 0.717) is 26.1 Å². The minimum absolute atomic E-state index is 0.0575. The number of carbonyl (C=O) groups is 2. The lowest BCUT2D eigenvalue weighted by Crippen LogP contribution is -2.55. The lowest BCUT2D eigenvalue weighted by Gasteiger charge is -2.39. The molecule has 3 atom stereocenters. The van der Waals surface area contributed by atoms with E-state index >= 15 is 0 Å². The summed E-state index contributed by atoms with van der Waals surface area (Å²) in [6.07, 6.45) is 0.284. The summed E-state index contributed by atoms with van der Waals surface area (Å²) in [7, 11) is 0. The van der Waals surface area contributed by atoms with Gasteiger partial charge in [0.1, 0.15) is 5.60 Å². The van der Waals surface area contributed by atoms with Gasteiger partial charge in [0.05, 0.1) is 12.5 Å². The Hall–Kier alpha value is -2.08. The number of piperidine rings is 1. The van der Waals surface area contributed by atoms with Gasteiger partial charge >= 0.3 is 12.1 Å². The lowest BCUT2D eigenvalue weighted by molar-refractivity contribution is -0.151. The van der Waals surface area contributed by atoms with Gasteiger partial charge in [-0.15, -0.1) is 0 Å². The summed E-state index contributed by atoms with van der Waals surface area (Å²) in [5, 5.41) is 3.55. The maximum Gasteiger partial charge on any atom is 0.410 e. The Morgan fingerprint density at radius 3 is 2.52 bits per heavy atom. The van der Waals surface area contributed by atoms with Crippen LogP contribution in [0.3, 0.4) is 0 Å². The molecule has 2 rings (SSSR count). The maximum absolute atomic E-state index is 12.5. The summed E-state index contributed by atoms with van der Waals surface area (Å²) in [6.45, 7) is 10.6. The summed E-state index contributed by atoms with van der Waals surface area (Å²) < 4.78 is 10.7. The molecule has 1 aliphatic rings. The Labute approximate surface area is 162 Å². The fourth-order valence-electron chi connectivity index (χ4n) is 3.29. The summed E-state index contributed by atoms with van der Waals surface area (Å²) in [6, 6.07) is 10.2. The van der Waals surface area contributed by atoms with Gasteiger partial charge in [0.2, 0.25) is 0 Å². The average Bonchev–Trinajstić information content (AvgIpc) is 2.61. The zero-order valence-electron chi connectivity index (χ0n) is 17.0. The monoisotopic (exact) mass is 376 g/mol. The van der Waals surface area contributed by atoms with E-state index in [1.165, 1.54) is 0 Å². The van der Waals surface area contributed by atoms with Crippen LogP contribution in [0.15, 0.2) is 30.3 Å². The van der Waals surface area contributed by atoms with Crippen LogP contribution in [0, 0.1) is 5.92 Å². The van der Waals surface area contributed by atoms with Gasteiger partial charge in [-0.25, -0.2) is 4.79 Å². The molecule has 1 saturated heterocycles. The van der Waals surface area contributed by atoms with Crippen LogP contribution in [0.1, 0.15) is 52.6 Å². The summed E-state index contributed by atoms with van der Waals surface area (Å²) in [5.41, 5.74) is 0.600. The van der Waals surface area contributed by atoms with Crippen LogP contribution in [-0.4, -0.2) is 48.3 Å². The molecule has 1 aliphatic heterocycles. The van der Waals surface area contributed by atoms with Gasteiger partial charge in [-0.1, -0.05) is 30.3 Å². The van der Waals surface area contributed by atoms with E-state index in [1.54, 1.807) is 11.8 Å². The SMILES string of the molecule is CCOC(=O)C1CN(C(=O)OC(C)(C)C)CCC1NC(C)c1ccccc1. The third-order valence-corrected chi connectivity index (χ3v) is 4.62. The Kier molecular flexibility index (Phi) is 7.25. The molecule has 1 heterocycles. The molecular formula is C21H32N2O4. The minimum atomic E-state index is -0.562. The van der Waals surface area contributed by atoms with Crippen LogP contribution in [0.25, 0.3) is 0 Å². The lowest BCUT2D eigenvalue weighted by atomic mass is 9.91. The fraction of sp³-hybridized carbons (Fsp3) is 0.619. The summed E-state index contributed by atoms with van der Waals surface area (Å²) in [5.74, 6) is -0.694. The number of ether oxygens (including phenoxy) is 2. The fourth-order valence-corrected chi connectivity index (χ4v) is 3.29. The second-order valence-electron chi connectivity index (χ2n) is 7.98. The highest BCUT2D eigenvalue weighted by atomic mass is 16.6. The van der Waals surface area contributed by atoms with E-state index < -0.39 is 11.5 Å². The average molecular weight is 376 g/mol. The predicted molar refractivity (Wildman–Crippen MR) is 104 cm³/mol. The Morgan fingerprint density at radius 2 is 1.93 bits per heavy atom. The summed E-state index contributed by atoms with van der Waals surface area (Å²) >= 11 is 0. The van der Waals surface area contributed by atoms with Gasteiger partial charge in [-0.2, -0.15) is 0 Å². The molecule has 6 heteroatoms. The molecule has 6 nitrogen and oxygen atoms in total. The number of esters is 1. The number of benzene rings is 1. The Bertz CT molecular complexity index is 627. The number of hydrogen-bond donors (Lipinski definition) is 1. The van der Waals surface area contributed by atoms with Crippen LogP contribution in [0.5, 0.6) is 0 Å². The van der Waals surface area contributed by atoms with E-state index in [0.717, 1.165) is 5.56 Å². The van der Waals surface area contributed by atoms with Gasteiger partial charge in [-0.05, 0) is 46.6 Å². The van der Waals surface area contributed by atoms with Crippen molar-refractivity contribution in [2.24, 2.45) is 5.92 Å². The van der Waals surface area contributed by atoms with Crippen molar-refractivity contribution in [1.29, 1.82) is 0 Å². The zero-order valence-corrected chi connectivity index (χ0v) is 17.0. The van der Waals surface area contributed by atoms with Gasteiger partial charge < -0.3 is 19.7 Å². The van der Waals surface area contributed by atoms with Crippen molar-refractivity contribution in [1.82, 2.24) is 10.2 Å². The van der Waals surface area contributed by atoms with Crippen LogP contribution in [-0.2, 0) is 14.3 Å². The number of nitrogens with zero attached hydrogens (tertiary/aromatic N) is 1. The van der Waals surface area contributed by atoms with Crippen LogP contribution in [0.2, 0.25) is 0 Å². The van der Waals surface area contributed by atoms with Crippen molar-refractivity contribution in [2.45, 2.75) is 58.7 Å². The molecule has 0 spiro atoms. The smallest absolute Gasteiger partial charge is 0.410 e. The molecule has 150 valence electrons. The Balaban J connectivity index is 2.08. The number of rotatable bonds is 5. The van der Waals surface area contributed by atoms with E-state index in [4.69, 9.17) is 9.47 Å². The van der Waals surface area contributed by atoms with Crippen molar-refractivity contribution >= 4 is 12.1 Å². The molecule has 0 aromatic heterocycles. The van der Waals surface area contributed by atoms with E-state index in [1.807, 2.05) is 39.0 Å². The van der Waals surface area contributed by atoms with Gasteiger partial charge in [0.15, 0.2) is 0 Å². The standard InChI is InChI=1S/C21H32N2O4/c1-6-26-19(24)17-14-23(20(25)27-21(3,4)5)13-12-18(17)22-15(2)16-10-8-7-9-11-16/h7-11,15,17-18,22H,6,12-14H2,1-5H3. The van der Waals surface area contributed by atoms with Crippen molar-refractivity contribution in [2.75, 3.05) is 19.7 Å². The molecule has 0 saturated carbocycles. The molecule has 3 unspecified atom stereocenters. The van der Waals surface area contributed by atoms with Crippen molar-refractivity contribution in [3.8, 4) is 0 Å². The second kappa shape index (κ2) is 9.22. The normalized spacial score (nSPS) is 21.4. The molecular weight excluding hydrogens is 344 g/mol. The first-order chi connectivity index (χ1) is 12.7. The topological polar surface area (TPSA) is 67.9 Å². The predicted octanol–water partition coefficient (Wildman–Crippen LogP) is 3.53. The number of hydrogen-bond acceptors (Lipinski definition) is 5. The first-order valence-electron chi connectivity index (χ1n) is 9.67. The third kappa shape index (κ3) is 6.24. The molecule has 1 amide bonds. The molecule has 1 aromatic rings. The van der Waals surface area contributed by atoms with Crippen LogP contribution in [0.4, 0.5) is 4.79 Å². The number of likely N-dealkylation sites (tertiary alicyclic amines) is 1. The molecule has 0 bridgehead atoms. The summed E-state index contributed by atoms with van der Waals surface area (Å²) in [4.78, 5) is 26.6. The van der Waals surface area contributed by atoms with Crippen molar-refractivity contribution in [3.63, 3.8) is 0 Å². The highest BCUT2D eigenvalue weighted by molar-refractivity contribution is 5.76. The van der Waals surface area contributed by atoms with Crippen molar-refractivity contribution < 1.29 is 19.1 Å². The number of carbonyl (C=O) groups excluding carboxylic acids is 2. The number of amides is 1. The highest BCUT2D eigenvalue weighted by Crippen LogP contribution is 2.24. The zero-order chi connectivity index (χ0) is 20.0. The number of nitrogens with one attached hydrogen (secondary N) is 1. The molecule has 1 aromatic carbocycles. The van der Waals surface area contributed by atoms with E-state index in [9.17, 15) is 9.59 Å². The quantitative estimate of drug-likeness (QED) is 0.797. The molecule has 1 fully saturated rings. The van der Waals surface area contributed by atoms with E-state index in [-0.39, 0.29) is 24.1 Å². The highest BCUT2D eigenvalue weighted by Gasteiger charge is 2.38. The molecule has 27 heavy (non-hydrogen) atoms. The van der Waals surface area contributed by atoms with Crippen LogP contribution >= 0.6 is 0 Å². The van der Waals surface area contributed by atoms with E-state index in [2.05, 4.69) is 24.4 Å². The Morgan fingerprint density at radius 1 is 1.26 bits per heavy atom. The first-order valence-corrected chi connectivity index (χ1v) is 9.67. The van der Waals surface area contributed by atoms with Gasteiger partial charge in [0, 0.05) is 25.2 Å². The third-order valence-electron chi connectivity index (χ3n) is 4.62.